The minimum Gasteiger partial charge on any atom is -0.493 e. The van der Waals surface area contributed by atoms with Crippen LogP contribution in [0.4, 0.5) is 18.3 Å². The number of rotatable bonds is 5. The van der Waals surface area contributed by atoms with Gasteiger partial charge in [-0.05, 0) is 25.0 Å². The van der Waals surface area contributed by atoms with Gasteiger partial charge >= 0.3 is 6.18 Å². The van der Waals surface area contributed by atoms with Crippen LogP contribution < -0.4 is 9.46 Å². The van der Waals surface area contributed by atoms with Crippen molar-refractivity contribution in [3.8, 4) is 5.75 Å². The molecule has 1 aromatic carbocycles. The van der Waals surface area contributed by atoms with Crippen molar-refractivity contribution in [3.05, 3.63) is 48.0 Å². The third-order valence-corrected chi connectivity index (χ3v) is 8.51. The first-order chi connectivity index (χ1) is 16.6. The van der Waals surface area contributed by atoms with Gasteiger partial charge in [-0.3, -0.25) is 14.3 Å². The smallest absolute Gasteiger partial charge is 0.391 e. The first-order valence-electron chi connectivity index (χ1n) is 11.0. The maximum atomic E-state index is 13.6. The number of ether oxygens (including phenoxy) is 1. The highest BCUT2D eigenvalue weighted by Gasteiger charge is 2.47. The van der Waals surface area contributed by atoms with Crippen LogP contribution in [0.5, 0.6) is 5.75 Å². The van der Waals surface area contributed by atoms with E-state index in [9.17, 15) is 21.6 Å². The summed E-state index contributed by atoms with van der Waals surface area (Å²) in [5, 5.41) is 4.56. The van der Waals surface area contributed by atoms with E-state index < -0.39 is 28.2 Å². The normalized spacial score (nSPS) is 23.5. The fraction of sp³-hybridized carbons (Fsp3) is 0.476. The second-order valence-corrected chi connectivity index (χ2v) is 11.1. The fourth-order valence-electron chi connectivity index (χ4n) is 4.81. The van der Waals surface area contributed by atoms with Crippen molar-refractivity contribution in [2.24, 2.45) is 13.0 Å². The standard InChI is InChI=1S/C21H23F3N6O3S2/c1-29-7-5-16(27-29)18-10-13(21(22,23)24)4-8-30(18)17-6-9-33-19-11-14(2-3-15(17)19)35(31,32)28-20-25-12-26-34-20/h2-3,5,7,11-13,17-18H,4,6,8-10H2,1H3,(H,25,26,28)/t13-,17?,18+/m1/s1. The average molecular weight is 529 g/mol. The molecule has 0 radical (unpaired) electrons. The number of benzene rings is 1. The third kappa shape index (κ3) is 4.86. The number of aromatic nitrogens is 4. The molecule has 2 aliphatic heterocycles. The summed E-state index contributed by atoms with van der Waals surface area (Å²) >= 11 is 0.917. The van der Waals surface area contributed by atoms with Gasteiger partial charge in [0.15, 0.2) is 0 Å². The van der Waals surface area contributed by atoms with Crippen LogP contribution in [-0.2, 0) is 17.1 Å². The Hall–Kier alpha value is -2.71. The van der Waals surface area contributed by atoms with Gasteiger partial charge in [-0.1, -0.05) is 6.07 Å². The molecule has 1 fully saturated rings. The number of nitrogens with one attached hydrogen (secondary N) is 1. The maximum absolute atomic E-state index is 13.6. The molecule has 9 nitrogen and oxygen atoms in total. The first-order valence-corrected chi connectivity index (χ1v) is 13.3. The summed E-state index contributed by atoms with van der Waals surface area (Å²) in [6.07, 6.45) is -0.797. The van der Waals surface area contributed by atoms with Gasteiger partial charge in [0.05, 0.1) is 29.2 Å². The summed E-state index contributed by atoms with van der Waals surface area (Å²) in [6, 6.07) is 5.61. The molecule has 0 bridgehead atoms. The minimum absolute atomic E-state index is 0.00223. The van der Waals surface area contributed by atoms with E-state index in [1.807, 2.05) is 0 Å². The van der Waals surface area contributed by atoms with Gasteiger partial charge in [-0.25, -0.2) is 13.4 Å². The highest BCUT2D eigenvalue weighted by molar-refractivity contribution is 7.93. The SMILES string of the molecule is Cn1ccc([C@@H]2C[C@H](C(F)(F)F)CCN2C2CCOc3cc(S(=O)(=O)Nc4ncns4)ccc32)n1. The number of hydrogen-bond donors (Lipinski definition) is 1. The van der Waals surface area contributed by atoms with Gasteiger partial charge in [-0.2, -0.15) is 22.6 Å². The Labute approximate surface area is 204 Å². The van der Waals surface area contributed by atoms with Crippen molar-refractivity contribution in [2.45, 2.75) is 42.4 Å². The number of likely N-dealkylation sites (tertiary alicyclic amines) is 1. The summed E-state index contributed by atoms with van der Waals surface area (Å²) < 4.78 is 79.9. The number of alkyl halides is 3. The summed E-state index contributed by atoms with van der Waals surface area (Å²) in [5.41, 5.74) is 1.34. The molecule has 2 aromatic heterocycles. The molecule has 5 rings (SSSR count). The largest absolute Gasteiger partial charge is 0.493 e. The molecule has 1 N–H and O–H groups in total. The Bertz CT molecular complexity index is 1300. The highest BCUT2D eigenvalue weighted by Crippen LogP contribution is 2.48. The van der Waals surface area contributed by atoms with Gasteiger partial charge in [0.25, 0.3) is 10.0 Å². The zero-order chi connectivity index (χ0) is 24.8. The van der Waals surface area contributed by atoms with Crippen LogP contribution in [-0.4, -0.2) is 51.8 Å². The number of anilines is 1. The molecular weight excluding hydrogens is 505 g/mol. The van der Waals surface area contributed by atoms with E-state index in [1.54, 1.807) is 30.1 Å². The molecule has 3 atom stereocenters. The molecule has 0 amide bonds. The van der Waals surface area contributed by atoms with Crippen molar-refractivity contribution in [1.82, 2.24) is 24.0 Å². The topological polar surface area (TPSA) is 102 Å². The average Bonchev–Trinajstić information content (AvgIpc) is 3.48. The van der Waals surface area contributed by atoms with E-state index in [-0.39, 0.29) is 35.5 Å². The lowest BCUT2D eigenvalue weighted by Crippen LogP contribution is -2.44. The van der Waals surface area contributed by atoms with E-state index in [0.29, 0.717) is 24.5 Å². The van der Waals surface area contributed by atoms with Gasteiger partial charge in [-0.15, -0.1) is 0 Å². The molecule has 4 heterocycles. The van der Waals surface area contributed by atoms with Crippen molar-refractivity contribution in [2.75, 3.05) is 17.9 Å². The Morgan fingerprint density at radius 1 is 1.20 bits per heavy atom. The van der Waals surface area contributed by atoms with Crippen LogP contribution in [0.2, 0.25) is 0 Å². The summed E-state index contributed by atoms with van der Waals surface area (Å²) in [6.45, 7) is 0.563. The third-order valence-electron chi connectivity index (χ3n) is 6.47. The van der Waals surface area contributed by atoms with Crippen LogP contribution in [0.25, 0.3) is 0 Å². The second kappa shape index (κ2) is 9.06. The predicted molar refractivity (Wildman–Crippen MR) is 121 cm³/mol. The molecule has 0 saturated carbocycles. The highest BCUT2D eigenvalue weighted by atomic mass is 32.2. The molecule has 1 unspecified atom stereocenters. The van der Waals surface area contributed by atoms with Crippen LogP contribution in [0.15, 0.2) is 41.7 Å². The number of halogens is 3. The number of aryl methyl sites for hydroxylation is 1. The van der Waals surface area contributed by atoms with Crippen LogP contribution >= 0.6 is 11.5 Å². The van der Waals surface area contributed by atoms with Gasteiger partial charge in [0, 0.05) is 55.4 Å². The lowest BCUT2D eigenvalue weighted by atomic mass is 9.85. The molecule has 0 aliphatic carbocycles. The number of hydrogen-bond acceptors (Lipinski definition) is 8. The maximum Gasteiger partial charge on any atom is 0.391 e. The number of nitrogens with zero attached hydrogens (tertiary/aromatic N) is 5. The molecule has 14 heteroatoms. The summed E-state index contributed by atoms with van der Waals surface area (Å²) in [5.74, 6) is -0.997. The summed E-state index contributed by atoms with van der Waals surface area (Å²) in [7, 11) is -2.17. The molecule has 188 valence electrons. The van der Waals surface area contributed by atoms with Crippen molar-refractivity contribution in [1.29, 1.82) is 0 Å². The van der Waals surface area contributed by atoms with Crippen molar-refractivity contribution in [3.63, 3.8) is 0 Å². The van der Waals surface area contributed by atoms with Crippen molar-refractivity contribution < 1.29 is 26.3 Å². The van der Waals surface area contributed by atoms with E-state index in [1.165, 1.54) is 18.5 Å². The number of fused-ring (bicyclic) bond motifs is 1. The number of piperidine rings is 1. The minimum atomic E-state index is -4.27. The zero-order valence-electron chi connectivity index (χ0n) is 18.6. The predicted octanol–water partition coefficient (Wildman–Crippen LogP) is 3.91. The Morgan fingerprint density at radius 3 is 2.71 bits per heavy atom. The van der Waals surface area contributed by atoms with E-state index in [2.05, 4.69) is 24.1 Å². The molecular formula is C21H23F3N6O3S2. The van der Waals surface area contributed by atoms with Crippen LogP contribution in [0, 0.1) is 5.92 Å². The first kappa shape index (κ1) is 24.0. The molecule has 0 spiro atoms. The lowest BCUT2D eigenvalue weighted by Gasteiger charge is -2.45. The lowest BCUT2D eigenvalue weighted by molar-refractivity contribution is -0.192. The zero-order valence-corrected chi connectivity index (χ0v) is 20.3. The monoisotopic (exact) mass is 528 g/mol. The second-order valence-electron chi connectivity index (χ2n) is 8.64. The van der Waals surface area contributed by atoms with Crippen LogP contribution in [0.3, 0.4) is 0 Å². The van der Waals surface area contributed by atoms with E-state index >= 15 is 0 Å². The van der Waals surface area contributed by atoms with Gasteiger partial charge in [0.1, 0.15) is 12.1 Å². The molecule has 35 heavy (non-hydrogen) atoms. The fourth-order valence-corrected chi connectivity index (χ4v) is 6.49. The Balaban J connectivity index is 1.45. The molecule has 1 saturated heterocycles. The quantitative estimate of drug-likeness (QED) is 0.536. The molecule has 3 aromatic rings. The van der Waals surface area contributed by atoms with Gasteiger partial charge in [0.2, 0.25) is 5.13 Å². The molecule has 2 aliphatic rings. The Kier molecular flexibility index (Phi) is 6.21. The van der Waals surface area contributed by atoms with E-state index in [4.69, 9.17) is 4.74 Å². The van der Waals surface area contributed by atoms with E-state index in [0.717, 1.165) is 17.1 Å². The number of sulfonamides is 1. The Morgan fingerprint density at radius 2 is 2.03 bits per heavy atom. The summed E-state index contributed by atoms with van der Waals surface area (Å²) in [4.78, 5) is 5.90. The van der Waals surface area contributed by atoms with Crippen LogP contribution in [0.1, 0.15) is 42.6 Å². The van der Waals surface area contributed by atoms with Gasteiger partial charge < -0.3 is 4.74 Å². The van der Waals surface area contributed by atoms with Crippen molar-refractivity contribution >= 4 is 26.7 Å².